The molecule has 3 aliphatic rings. The fraction of sp³-hybridized carbons (Fsp3) is 0.706. The zero-order valence-corrected chi connectivity index (χ0v) is 26.5. The van der Waals surface area contributed by atoms with Gasteiger partial charge in [0.25, 0.3) is 0 Å². The third-order valence-corrected chi connectivity index (χ3v) is 9.70. The van der Waals surface area contributed by atoms with Crippen molar-refractivity contribution < 1.29 is 33.8 Å². The molecule has 1 saturated carbocycles. The van der Waals surface area contributed by atoms with Gasteiger partial charge in [0.2, 0.25) is 5.91 Å². The minimum atomic E-state index is -0.949. The van der Waals surface area contributed by atoms with Crippen LogP contribution in [0.15, 0.2) is 30.3 Å². The third-order valence-electron chi connectivity index (χ3n) is 9.70. The number of unbranched alkanes of at least 4 members (excludes halogenated alkanes) is 2. The SMILES string of the molecule is CCOC(=O)[C@H](CCCCCC1CCN(C(=O)OCc2ccccc2)CC1)N[C@@H](C)C(=O)N1[C@H](C(=O)O)C[C@@H]2CCCC[C@@H]21. The molecule has 5 atom stereocenters. The van der Waals surface area contributed by atoms with Crippen molar-refractivity contribution in [3.63, 3.8) is 0 Å². The number of carboxylic acids is 1. The lowest BCUT2D eigenvalue weighted by Gasteiger charge is -2.35. The van der Waals surface area contributed by atoms with Gasteiger partial charge in [0, 0.05) is 19.1 Å². The first-order valence-corrected chi connectivity index (χ1v) is 16.7. The van der Waals surface area contributed by atoms with Gasteiger partial charge in [-0.1, -0.05) is 68.9 Å². The molecule has 2 N–H and O–H groups in total. The number of carbonyl (C=O) groups excluding carboxylic acids is 3. The molecule has 1 aromatic rings. The van der Waals surface area contributed by atoms with E-state index in [0.29, 0.717) is 31.8 Å². The monoisotopic (exact) mass is 613 g/mol. The van der Waals surface area contributed by atoms with Crippen LogP contribution in [0.1, 0.15) is 96.5 Å². The Labute approximate surface area is 261 Å². The van der Waals surface area contributed by atoms with E-state index in [4.69, 9.17) is 9.47 Å². The van der Waals surface area contributed by atoms with Crippen molar-refractivity contribution in [1.29, 1.82) is 0 Å². The number of aliphatic carboxylic acids is 1. The fourth-order valence-corrected chi connectivity index (χ4v) is 7.28. The van der Waals surface area contributed by atoms with Crippen LogP contribution in [-0.2, 0) is 30.5 Å². The number of hydrogen-bond acceptors (Lipinski definition) is 7. The van der Waals surface area contributed by atoms with Crippen molar-refractivity contribution in [2.45, 2.75) is 122 Å². The Balaban J connectivity index is 1.18. The molecule has 2 amide bonds. The maximum atomic E-state index is 13.6. The Hall–Kier alpha value is -3.14. The Morgan fingerprint density at radius 1 is 0.977 bits per heavy atom. The van der Waals surface area contributed by atoms with E-state index in [1.165, 1.54) is 0 Å². The molecule has 3 fully saturated rings. The topological polar surface area (TPSA) is 125 Å². The van der Waals surface area contributed by atoms with Crippen LogP contribution in [-0.4, -0.2) is 82.7 Å². The van der Waals surface area contributed by atoms with Gasteiger partial charge in [0.05, 0.1) is 12.6 Å². The van der Waals surface area contributed by atoms with Crippen molar-refractivity contribution in [2.24, 2.45) is 11.8 Å². The Morgan fingerprint density at radius 3 is 2.41 bits per heavy atom. The first kappa shape index (κ1) is 33.7. The number of amides is 2. The predicted octanol–water partition coefficient (Wildman–Crippen LogP) is 5.14. The van der Waals surface area contributed by atoms with Gasteiger partial charge in [-0.15, -0.1) is 0 Å². The summed E-state index contributed by atoms with van der Waals surface area (Å²) in [4.78, 5) is 54.2. The van der Waals surface area contributed by atoms with Gasteiger partial charge in [-0.2, -0.15) is 0 Å². The minimum absolute atomic E-state index is 0.0329. The summed E-state index contributed by atoms with van der Waals surface area (Å²) in [5, 5.41) is 13.1. The standard InChI is InChI=1S/C34H51N3O7/c1-3-43-33(41)28(35-24(2)31(38)37-29-17-11-10-15-27(29)22-30(37)32(39)40)16-9-5-6-12-25-18-20-36(21-19-25)34(42)44-23-26-13-7-4-8-14-26/h4,7-8,13-14,24-25,27-30,35H,3,5-6,9-12,15-23H2,1-2H3,(H,39,40)/t24-,27-,28-,29-,30-/m0/s1. The van der Waals surface area contributed by atoms with Gasteiger partial charge in [0.1, 0.15) is 18.7 Å². The average molecular weight is 614 g/mol. The van der Waals surface area contributed by atoms with Crippen LogP contribution in [0.25, 0.3) is 0 Å². The summed E-state index contributed by atoms with van der Waals surface area (Å²) in [6.07, 6.45) is 10.5. The molecule has 10 heteroatoms. The summed E-state index contributed by atoms with van der Waals surface area (Å²) >= 11 is 0. The molecule has 10 nitrogen and oxygen atoms in total. The van der Waals surface area contributed by atoms with Gasteiger partial charge in [-0.3, -0.25) is 14.9 Å². The summed E-state index contributed by atoms with van der Waals surface area (Å²) in [7, 11) is 0. The molecule has 44 heavy (non-hydrogen) atoms. The lowest BCUT2D eigenvalue weighted by molar-refractivity contribution is -0.152. The van der Waals surface area contributed by atoms with E-state index in [2.05, 4.69) is 5.32 Å². The van der Waals surface area contributed by atoms with E-state index in [-0.39, 0.29) is 43.1 Å². The molecule has 1 aliphatic carbocycles. The molecular formula is C34H51N3O7. The van der Waals surface area contributed by atoms with Crippen molar-refractivity contribution in [3.05, 3.63) is 35.9 Å². The number of piperidine rings is 1. The Morgan fingerprint density at radius 2 is 1.70 bits per heavy atom. The van der Waals surface area contributed by atoms with E-state index in [1.54, 1.807) is 23.6 Å². The zero-order valence-electron chi connectivity index (χ0n) is 26.5. The summed E-state index contributed by atoms with van der Waals surface area (Å²) in [5.74, 6) is -0.754. The summed E-state index contributed by atoms with van der Waals surface area (Å²) in [6, 6.07) is 7.56. The number of ether oxygens (including phenoxy) is 2. The normalized spacial score (nSPS) is 23.5. The molecule has 2 aliphatic heterocycles. The number of fused-ring (bicyclic) bond motifs is 1. The van der Waals surface area contributed by atoms with Crippen LogP contribution in [0.4, 0.5) is 4.79 Å². The molecule has 4 rings (SSSR count). The number of nitrogens with one attached hydrogen (secondary N) is 1. The molecule has 0 spiro atoms. The number of carboxylic acid groups (broad SMARTS) is 1. The molecule has 0 unspecified atom stereocenters. The second kappa shape index (κ2) is 16.8. The van der Waals surface area contributed by atoms with Crippen molar-refractivity contribution in [1.82, 2.24) is 15.1 Å². The van der Waals surface area contributed by atoms with Crippen LogP contribution in [0.2, 0.25) is 0 Å². The number of nitrogens with zero attached hydrogens (tertiary/aromatic N) is 2. The van der Waals surface area contributed by atoms with E-state index in [0.717, 1.165) is 69.8 Å². The lowest BCUT2D eigenvalue weighted by Crippen LogP contribution is -2.55. The van der Waals surface area contributed by atoms with E-state index in [9.17, 15) is 24.3 Å². The molecule has 0 bridgehead atoms. The van der Waals surface area contributed by atoms with Gasteiger partial charge in [-0.25, -0.2) is 9.59 Å². The molecular weight excluding hydrogens is 562 g/mol. The van der Waals surface area contributed by atoms with Gasteiger partial charge in [0.15, 0.2) is 0 Å². The van der Waals surface area contributed by atoms with Crippen LogP contribution >= 0.6 is 0 Å². The first-order valence-electron chi connectivity index (χ1n) is 16.7. The van der Waals surface area contributed by atoms with E-state index < -0.39 is 24.1 Å². The lowest BCUT2D eigenvalue weighted by atomic mass is 9.84. The smallest absolute Gasteiger partial charge is 0.410 e. The summed E-state index contributed by atoms with van der Waals surface area (Å²) in [6.45, 7) is 5.46. The van der Waals surface area contributed by atoms with Gasteiger partial charge >= 0.3 is 18.0 Å². The average Bonchev–Trinajstić information content (AvgIpc) is 3.43. The predicted molar refractivity (Wildman–Crippen MR) is 166 cm³/mol. The summed E-state index contributed by atoms with van der Waals surface area (Å²) < 4.78 is 10.8. The fourth-order valence-electron chi connectivity index (χ4n) is 7.28. The second-order valence-electron chi connectivity index (χ2n) is 12.7. The Bertz CT molecular complexity index is 1090. The van der Waals surface area contributed by atoms with Gasteiger partial charge < -0.3 is 24.4 Å². The maximum Gasteiger partial charge on any atom is 0.410 e. The highest BCUT2D eigenvalue weighted by molar-refractivity contribution is 5.88. The number of likely N-dealkylation sites (tertiary alicyclic amines) is 2. The molecule has 244 valence electrons. The number of rotatable bonds is 14. The van der Waals surface area contributed by atoms with Crippen LogP contribution < -0.4 is 5.32 Å². The number of esters is 1. The Kier molecular flexibility index (Phi) is 12.9. The van der Waals surface area contributed by atoms with E-state index >= 15 is 0 Å². The molecule has 1 aromatic carbocycles. The van der Waals surface area contributed by atoms with Crippen LogP contribution in [0.5, 0.6) is 0 Å². The van der Waals surface area contributed by atoms with Crippen molar-refractivity contribution in [2.75, 3.05) is 19.7 Å². The number of benzene rings is 1. The van der Waals surface area contributed by atoms with Crippen molar-refractivity contribution in [3.8, 4) is 0 Å². The molecule has 0 radical (unpaired) electrons. The number of carbonyl (C=O) groups is 4. The second-order valence-corrected chi connectivity index (χ2v) is 12.7. The highest BCUT2D eigenvalue weighted by Gasteiger charge is 2.48. The molecule has 2 heterocycles. The zero-order chi connectivity index (χ0) is 31.5. The quantitative estimate of drug-likeness (QED) is 0.218. The highest BCUT2D eigenvalue weighted by atomic mass is 16.6. The number of hydrogen-bond donors (Lipinski definition) is 2. The highest BCUT2D eigenvalue weighted by Crippen LogP contribution is 2.40. The minimum Gasteiger partial charge on any atom is -0.480 e. The third kappa shape index (κ3) is 9.19. The van der Waals surface area contributed by atoms with Crippen LogP contribution in [0, 0.1) is 11.8 Å². The maximum absolute atomic E-state index is 13.6. The molecule has 0 aromatic heterocycles. The summed E-state index contributed by atoms with van der Waals surface area (Å²) in [5.41, 5.74) is 0.980. The van der Waals surface area contributed by atoms with Crippen molar-refractivity contribution >= 4 is 23.9 Å². The van der Waals surface area contributed by atoms with Gasteiger partial charge in [-0.05, 0) is 69.8 Å². The largest absolute Gasteiger partial charge is 0.480 e. The van der Waals surface area contributed by atoms with Crippen LogP contribution in [0.3, 0.4) is 0 Å². The molecule has 2 saturated heterocycles. The first-order chi connectivity index (χ1) is 21.3. The van der Waals surface area contributed by atoms with E-state index in [1.807, 2.05) is 30.3 Å².